The van der Waals surface area contributed by atoms with E-state index in [0.717, 1.165) is 91.4 Å². The first-order valence-electron chi connectivity index (χ1n) is 23.9. The van der Waals surface area contributed by atoms with E-state index in [1.54, 1.807) is 18.2 Å². The topological polar surface area (TPSA) is 214 Å². The van der Waals surface area contributed by atoms with Gasteiger partial charge in [-0.2, -0.15) is 0 Å². The molecule has 2 saturated heterocycles. The van der Waals surface area contributed by atoms with Gasteiger partial charge in [-0.3, -0.25) is 48.7 Å². The zero-order chi connectivity index (χ0) is 48.5. The van der Waals surface area contributed by atoms with Gasteiger partial charge in [-0.05, 0) is 106 Å². The van der Waals surface area contributed by atoms with Crippen LogP contribution in [0.1, 0.15) is 129 Å². The Kier molecular flexibility index (Phi) is 16.1. The molecule has 68 heavy (non-hydrogen) atoms. The molecule has 358 valence electrons. The Morgan fingerprint density at radius 2 is 1.68 bits per heavy atom. The summed E-state index contributed by atoms with van der Waals surface area (Å²) in [4.78, 5) is 100. The van der Waals surface area contributed by atoms with Crippen LogP contribution in [-0.2, 0) is 19.2 Å². The first-order chi connectivity index (χ1) is 32.7. The molecule has 3 aliphatic heterocycles. The second-order valence-electron chi connectivity index (χ2n) is 18.5. The summed E-state index contributed by atoms with van der Waals surface area (Å²) in [5.41, 5.74) is 7.02. The van der Waals surface area contributed by atoms with Crippen molar-refractivity contribution < 1.29 is 33.6 Å². The minimum absolute atomic E-state index is 0.0297. The smallest absolute Gasteiger partial charge is 0.264 e. The largest absolute Gasteiger partial charge is 0.384 e. The molecule has 4 aliphatic rings. The van der Waals surface area contributed by atoms with Gasteiger partial charge >= 0.3 is 0 Å². The van der Waals surface area contributed by atoms with Gasteiger partial charge < -0.3 is 26.3 Å². The normalized spacial score (nSPS) is 17.6. The molecule has 2 fully saturated rings. The third kappa shape index (κ3) is 11.6. The first-order valence-corrected chi connectivity index (χ1v) is 23.9. The van der Waals surface area contributed by atoms with E-state index in [9.17, 15) is 33.6 Å². The molecule has 1 atom stereocenters. The molecular weight excluding hydrogens is 863 g/mol. The SMILES string of the molecule is CC1=CC(C)=C(CCC(=O)c2cc(-c3ccc(N4CCN(CCNC(=O)CCCCCCNc5cccc6c5C(=O)N(C5CCC(=O)NC5=O)C6=O)CC4)nc3)cc(NC(C)C)c2C=N)C(=O)C1. The lowest BCUT2D eigenvalue weighted by Crippen LogP contribution is -2.54. The number of anilines is 3. The Balaban J connectivity index is 0.812. The fourth-order valence-corrected chi connectivity index (χ4v) is 9.47. The highest BCUT2D eigenvalue weighted by molar-refractivity contribution is 6.25. The third-order valence-corrected chi connectivity index (χ3v) is 13.0. The number of piperazine rings is 1. The highest BCUT2D eigenvalue weighted by Gasteiger charge is 2.45. The summed E-state index contributed by atoms with van der Waals surface area (Å²) in [6.45, 7) is 13.0. The number of ketones is 2. The second kappa shape index (κ2) is 22.3. The molecule has 1 aromatic heterocycles. The Hall–Kier alpha value is -6.81. The van der Waals surface area contributed by atoms with Gasteiger partial charge in [-0.1, -0.05) is 30.6 Å². The number of nitrogens with one attached hydrogen (secondary N) is 5. The lowest BCUT2D eigenvalue weighted by Gasteiger charge is -2.35. The number of hydrogen-bond acceptors (Lipinski definition) is 13. The molecule has 3 aromatic rings. The number of benzene rings is 2. The highest BCUT2D eigenvalue weighted by Crippen LogP contribution is 2.34. The average molecular weight is 926 g/mol. The predicted molar refractivity (Wildman–Crippen MR) is 262 cm³/mol. The number of imide groups is 2. The number of amides is 5. The van der Waals surface area contributed by atoms with Crippen LogP contribution in [0.15, 0.2) is 71.5 Å². The summed E-state index contributed by atoms with van der Waals surface area (Å²) >= 11 is 0. The molecule has 0 saturated carbocycles. The number of carbonyl (C=O) groups is 7. The van der Waals surface area contributed by atoms with Gasteiger partial charge in [0.2, 0.25) is 17.7 Å². The second-order valence-corrected chi connectivity index (χ2v) is 18.5. The van der Waals surface area contributed by atoms with Crippen molar-refractivity contribution >= 4 is 64.5 Å². The van der Waals surface area contributed by atoms with E-state index in [1.165, 1.54) is 6.21 Å². The van der Waals surface area contributed by atoms with Crippen molar-refractivity contribution in [3.05, 3.63) is 93.7 Å². The van der Waals surface area contributed by atoms with Crippen LogP contribution >= 0.6 is 0 Å². The number of Topliss-reactive ketones (excluding diaryl/α,β-unsaturated/α-hetero) is 2. The van der Waals surface area contributed by atoms with Crippen molar-refractivity contribution in [3.8, 4) is 11.1 Å². The van der Waals surface area contributed by atoms with Crippen molar-refractivity contribution in [3.63, 3.8) is 0 Å². The monoisotopic (exact) mass is 925 g/mol. The maximum Gasteiger partial charge on any atom is 0.264 e. The lowest BCUT2D eigenvalue weighted by atomic mass is 9.88. The molecule has 0 radical (unpaired) electrons. The van der Waals surface area contributed by atoms with Crippen LogP contribution in [0.2, 0.25) is 0 Å². The predicted octanol–water partition coefficient (Wildman–Crippen LogP) is 6.47. The molecule has 1 unspecified atom stereocenters. The van der Waals surface area contributed by atoms with Gasteiger partial charge in [0.15, 0.2) is 11.6 Å². The molecule has 0 bridgehead atoms. The first kappa shape index (κ1) is 49.1. The number of carbonyl (C=O) groups excluding carboxylic acids is 7. The maximum atomic E-state index is 13.8. The number of nitrogens with zero attached hydrogens (tertiary/aromatic N) is 4. The van der Waals surface area contributed by atoms with Gasteiger partial charge in [-0.15, -0.1) is 0 Å². The molecule has 16 nitrogen and oxygen atoms in total. The van der Waals surface area contributed by atoms with Crippen molar-refractivity contribution in [1.29, 1.82) is 5.41 Å². The van der Waals surface area contributed by atoms with E-state index < -0.39 is 29.7 Å². The Labute approximate surface area is 397 Å². The van der Waals surface area contributed by atoms with Gasteiger partial charge in [0.25, 0.3) is 11.8 Å². The number of unbranched alkanes of at least 4 members (excludes halogenated alkanes) is 3. The number of fused-ring (bicyclic) bond motifs is 1. The number of pyridine rings is 1. The van der Waals surface area contributed by atoms with E-state index in [-0.39, 0.29) is 53.9 Å². The number of piperidine rings is 1. The summed E-state index contributed by atoms with van der Waals surface area (Å²) in [7, 11) is 0. The molecule has 0 spiro atoms. The molecule has 7 rings (SSSR count). The van der Waals surface area contributed by atoms with Gasteiger partial charge in [0.05, 0.1) is 11.1 Å². The Morgan fingerprint density at radius 3 is 2.38 bits per heavy atom. The van der Waals surface area contributed by atoms with Crippen LogP contribution in [0.4, 0.5) is 17.2 Å². The van der Waals surface area contributed by atoms with Crippen LogP contribution in [0.5, 0.6) is 0 Å². The quantitative estimate of drug-likeness (QED) is 0.0337. The molecule has 2 aromatic carbocycles. The zero-order valence-corrected chi connectivity index (χ0v) is 39.6. The zero-order valence-electron chi connectivity index (χ0n) is 39.6. The van der Waals surface area contributed by atoms with Crippen molar-refractivity contribution in [1.82, 2.24) is 25.4 Å². The fraction of sp³-hybridized carbons (Fsp3) is 0.442. The van der Waals surface area contributed by atoms with E-state index >= 15 is 0 Å². The van der Waals surface area contributed by atoms with Crippen LogP contribution in [0.25, 0.3) is 11.1 Å². The molecule has 5 amide bonds. The summed E-state index contributed by atoms with van der Waals surface area (Å²) in [5.74, 6) is -1.27. The summed E-state index contributed by atoms with van der Waals surface area (Å²) in [6.07, 6.45) is 9.91. The van der Waals surface area contributed by atoms with Gasteiger partial charge in [0, 0.05) is 118 Å². The van der Waals surface area contributed by atoms with Crippen molar-refractivity contribution in [2.75, 3.05) is 61.3 Å². The van der Waals surface area contributed by atoms with Crippen LogP contribution in [-0.4, -0.2) is 120 Å². The number of allylic oxidation sites excluding steroid dienone is 4. The van der Waals surface area contributed by atoms with E-state index in [0.29, 0.717) is 60.4 Å². The van der Waals surface area contributed by atoms with Crippen LogP contribution in [0.3, 0.4) is 0 Å². The van der Waals surface area contributed by atoms with Gasteiger partial charge in [-0.25, -0.2) is 4.98 Å². The summed E-state index contributed by atoms with van der Waals surface area (Å²) < 4.78 is 0. The standard InChI is InChI=1S/C52H63N9O7/c1-32(2)57-42-29-36(28-39(40(42)30-53)44(62)16-14-37-34(4)26-33(3)27-45(37)63)35-13-17-46(56-31-35)60-24-22-59(23-25-60)21-20-55-47(64)12-7-5-6-8-19-54-41-11-9-10-38-49(41)52(68)61(51(38)67)43-15-18-48(65)58-50(43)66/h9-11,13,17,26,28-32,43,53-54,57H,5-8,12,14-16,18-25,27H2,1-4H3,(H,55,64)(H,58,65,66). The molecular formula is C52H63N9O7. The molecule has 16 heteroatoms. The van der Waals surface area contributed by atoms with Crippen LogP contribution in [0, 0.1) is 5.41 Å². The Bertz CT molecular complexity index is 2540. The minimum Gasteiger partial charge on any atom is -0.384 e. The summed E-state index contributed by atoms with van der Waals surface area (Å²) in [6, 6.07) is 11.9. The Morgan fingerprint density at radius 1 is 0.897 bits per heavy atom. The number of hydrogen-bond donors (Lipinski definition) is 5. The fourth-order valence-electron chi connectivity index (χ4n) is 9.47. The third-order valence-electron chi connectivity index (χ3n) is 13.0. The van der Waals surface area contributed by atoms with Crippen LogP contribution < -0.4 is 26.2 Å². The molecule has 5 N–H and O–H groups in total. The molecule has 1 aliphatic carbocycles. The van der Waals surface area contributed by atoms with Crippen molar-refractivity contribution in [2.24, 2.45) is 0 Å². The minimum atomic E-state index is -1.01. The lowest BCUT2D eigenvalue weighted by molar-refractivity contribution is -0.136. The maximum absolute atomic E-state index is 13.8. The van der Waals surface area contributed by atoms with E-state index in [2.05, 4.69) is 31.1 Å². The number of aromatic nitrogens is 1. The highest BCUT2D eigenvalue weighted by atomic mass is 16.2. The van der Waals surface area contributed by atoms with E-state index in [4.69, 9.17) is 10.4 Å². The molecule has 4 heterocycles. The number of rotatable bonds is 21. The average Bonchev–Trinajstić information content (AvgIpc) is 3.56. The van der Waals surface area contributed by atoms with Gasteiger partial charge in [0.1, 0.15) is 11.9 Å². The van der Waals surface area contributed by atoms with E-state index in [1.807, 2.05) is 64.2 Å². The summed E-state index contributed by atoms with van der Waals surface area (Å²) in [5, 5.41) is 20.2. The van der Waals surface area contributed by atoms with Crippen molar-refractivity contribution in [2.45, 2.75) is 104 Å².